The van der Waals surface area contributed by atoms with E-state index < -0.39 is 0 Å². The van der Waals surface area contributed by atoms with Crippen molar-refractivity contribution >= 4 is 109 Å². The van der Waals surface area contributed by atoms with Crippen molar-refractivity contribution in [2.75, 3.05) is 0 Å². The highest BCUT2D eigenvalue weighted by molar-refractivity contribution is 6.28. The van der Waals surface area contributed by atoms with Crippen molar-refractivity contribution in [3.63, 3.8) is 0 Å². The fourth-order valence-electron chi connectivity index (χ4n) is 11.8. The first-order valence-electron chi connectivity index (χ1n) is 23.1. The Bertz CT molecular complexity index is 4660. The number of nitriles is 2. The maximum Gasteiger partial charge on any atom is 0.136 e. The number of hydrogen-bond donors (Lipinski definition) is 0. The second-order valence-electron chi connectivity index (χ2n) is 17.8. The molecular weight excluding hydrogens is 845 g/mol. The fraction of sp³-hybridized carbons (Fsp3) is 0. The lowest BCUT2D eigenvalue weighted by atomic mass is 9.98. The Morgan fingerprint density at radius 2 is 0.565 bits per heavy atom. The molecule has 15 aromatic rings. The van der Waals surface area contributed by atoms with Crippen LogP contribution in [0.2, 0.25) is 0 Å². The molecule has 7 nitrogen and oxygen atoms in total. The van der Waals surface area contributed by atoms with Crippen LogP contribution in [0, 0.1) is 22.7 Å². The van der Waals surface area contributed by atoms with Crippen molar-refractivity contribution in [2.24, 2.45) is 0 Å². The standard InChI is InChI=1S/C62H34N6O/c63-35-45-46(36-64)60(68-53-31-15-7-23-43(53)57-54(68)33-34-56-58(57)44-24-8-16-32-55(44)69-56)62(67-51-29-13-5-21-41(51)42-22-6-14-30-52(42)67)61(66-49-27-11-3-19-39(49)40-20-4-12-28-50(40)66)59(45)65-47-25-9-1-17-37(47)38-18-2-10-26-48(38)65/h1-34H. The Morgan fingerprint density at radius 1 is 0.261 bits per heavy atom. The maximum absolute atomic E-state index is 12.2. The van der Waals surface area contributed by atoms with Crippen LogP contribution >= 0.6 is 0 Å². The molecule has 0 N–H and O–H groups in total. The van der Waals surface area contributed by atoms with Gasteiger partial charge in [-0.3, -0.25) is 0 Å². The minimum atomic E-state index is 0.260. The van der Waals surface area contributed by atoms with Crippen molar-refractivity contribution in [1.29, 1.82) is 10.5 Å². The lowest BCUT2D eigenvalue weighted by molar-refractivity contribution is 0.669. The molecule has 0 atom stereocenters. The molecule has 0 aliphatic heterocycles. The quantitative estimate of drug-likeness (QED) is 0.177. The van der Waals surface area contributed by atoms with E-state index in [4.69, 9.17) is 4.42 Å². The molecule has 0 amide bonds. The van der Waals surface area contributed by atoms with Gasteiger partial charge in [-0.25, -0.2) is 0 Å². The summed E-state index contributed by atoms with van der Waals surface area (Å²) in [7, 11) is 0. The zero-order valence-electron chi connectivity index (χ0n) is 36.7. The van der Waals surface area contributed by atoms with Crippen molar-refractivity contribution in [3.05, 3.63) is 217 Å². The maximum atomic E-state index is 12.2. The van der Waals surface area contributed by atoms with E-state index in [9.17, 15) is 10.5 Å². The van der Waals surface area contributed by atoms with Crippen LogP contribution < -0.4 is 0 Å². The van der Waals surface area contributed by atoms with Crippen molar-refractivity contribution in [1.82, 2.24) is 18.3 Å². The summed E-state index contributed by atoms with van der Waals surface area (Å²) < 4.78 is 15.7. The Hall–Kier alpha value is -9.82. The Morgan fingerprint density at radius 3 is 0.957 bits per heavy atom. The second kappa shape index (κ2) is 13.9. The number of nitrogens with zero attached hydrogens (tertiary/aromatic N) is 6. The lowest BCUT2D eigenvalue weighted by Gasteiger charge is -2.27. The van der Waals surface area contributed by atoms with E-state index in [0.29, 0.717) is 11.4 Å². The average Bonchev–Trinajstić information content (AvgIpc) is 4.21. The Kier molecular flexibility index (Phi) is 7.51. The molecule has 10 aromatic carbocycles. The summed E-state index contributed by atoms with van der Waals surface area (Å²) in [6.45, 7) is 0. The van der Waals surface area contributed by atoms with Gasteiger partial charge in [0.15, 0.2) is 0 Å². The molecule has 0 saturated heterocycles. The van der Waals surface area contributed by atoms with Gasteiger partial charge in [0.1, 0.15) is 23.3 Å². The summed E-state index contributed by atoms with van der Waals surface area (Å²) in [5.41, 5.74) is 12.3. The van der Waals surface area contributed by atoms with E-state index in [1.54, 1.807) is 0 Å². The van der Waals surface area contributed by atoms with Crippen LogP contribution in [-0.4, -0.2) is 18.3 Å². The van der Waals surface area contributed by atoms with Crippen LogP contribution in [0.5, 0.6) is 0 Å². The van der Waals surface area contributed by atoms with Gasteiger partial charge >= 0.3 is 0 Å². The first-order chi connectivity index (χ1) is 34.2. The SMILES string of the molecule is N#Cc1c(C#N)c(-n2c3ccccc3c3c4c(ccc32)oc2ccccc24)c(-n2c3ccccc3c3ccccc32)c(-n2c3ccccc3c3ccccc32)c1-n1c2ccccc2c2ccccc21. The normalized spacial score (nSPS) is 12.0. The predicted octanol–water partition coefficient (Wildman–Crippen LogP) is 15.7. The van der Waals surface area contributed by atoms with Crippen molar-refractivity contribution in [3.8, 4) is 34.9 Å². The minimum Gasteiger partial charge on any atom is -0.456 e. The van der Waals surface area contributed by atoms with E-state index in [0.717, 1.165) is 121 Å². The summed E-state index contributed by atoms with van der Waals surface area (Å²) in [5.74, 6) is 0. The minimum absolute atomic E-state index is 0.260. The molecular formula is C62H34N6O. The molecule has 0 aliphatic rings. The number of furan rings is 1. The highest BCUT2D eigenvalue weighted by Gasteiger charge is 2.35. The van der Waals surface area contributed by atoms with Gasteiger partial charge in [0.2, 0.25) is 0 Å². The summed E-state index contributed by atoms with van der Waals surface area (Å²) in [6, 6.07) is 77.1. The Labute approximate surface area is 392 Å². The third kappa shape index (κ3) is 4.82. The van der Waals surface area contributed by atoms with E-state index in [1.165, 1.54) is 0 Å². The summed E-state index contributed by atoms with van der Waals surface area (Å²) in [6.07, 6.45) is 0. The van der Waals surface area contributed by atoms with Crippen LogP contribution in [0.15, 0.2) is 211 Å². The molecule has 0 saturated carbocycles. The molecule has 15 rings (SSSR count). The van der Waals surface area contributed by atoms with Gasteiger partial charge in [-0.05, 0) is 60.7 Å². The molecule has 0 aliphatic carbocycles. The number of fused-ring (bicyclic) bond motifs is 16. The van der Waals surface area contributed by atoms with E-state index >= 15 is 0 Å². The van der Waals surface area contributed by atoms with Gasteiger partial charge in [0, 0.05) is 53.9 Å². The largest absolute Gasteiger partial charge is 0.456 e. The van der Waals surface area contributed by atoms with Gasteiger partial charge in [0.25, 0.3) is 0 Å². The molecule has 0 spiro atoms. The number of aromatic nitrogens is 4. The number of hydrogen-bond acceptors (Lipinski definition) is 3. The van der Waals surface area contributed by atoms with E-state index in [-0.39, 0.29) is 11.1 Å². The molecule has 0 fully saturated rings. The highest BCUT2D eigenvalue weighted by Crippen LogP contribution is 2.50. The average molecular weight is 879 g/mol. The molecule has 5 heterocycles. The number of rotatable bonds is 4. The Balaban J connectivity index is 1.29. The van der Waals surface area contributed by atoms with Crippen LogP contribution in [0.1, 0.15) is 11.1 Å². The fourth-order valence-corrected chi connectivity index (χ4v) is 11.8. The van der Waals surface area contributed by atoms with Gasteiger partial charge in [-0.15, -0.1) is 0 Å². The number of para-hydroxylation sites is 8. The summed E-state index contributed by atoms with van der Waals surface area (Å²) >= 11 is 0. The van der Waals surface area contributed by atoms with Crippen LogP contribution in [-0.2, 0) is 0 Å². The zero-order chi connectivity index (χ0) is 45.5. The molecule has 69 heavy (non-hydrogen) atoms. The van der Waals surface area contributed by atoms with Gasteiger partial charge < -0.3 is 22.7 Å². The van der Waals surface area contributed by atoms with Gasteiger partial charge in [0.05, 0.1) is 78.0 Å². The third-order valence-corrected chi connectivity index (χ3v) is 14.4. The lowest BCUT2D eigenvalue weighted by Crippen LogP contribution is -2.17. The molecule has 0 radical (unpaired) electrons. The summed E-state index contributed by atoms with van der Waals surface area (Å²) in [5, 5.41) is 34.7. The highest BCUT2D eigenvalue weighted by atomic mass is 16.3. The monoisotopic (exact) mass is 878 g/mol. The smallest absolute Gasteiger partial charge is 0.136 e. The summed E-state index contributed by atoms with van der Waals surface area (Å²) in [4.78, 5) is 0. The van der Waals surface area contributed by atoms with E-state index in [2.05, 4.69) is 212 Å². The first-order valence-corrected chi connectivity index (χ1v) is 23.1. The molecule has 318 valence electrons. The zero-order valence-corrected chi connectivity index (χ0v) is 36.7. The van der Waals surface area contributed by atoms with Gasteiger partial charge in [-0.1, -0.05) is 146 Å². The van der Waals surface area contributed by atoms with E-state index in [1.807, 2.05) is 24.3 Å². The predicted molar refractivity (Wildman–Crippen MR) is 281 cm³/mol. The van der Waals surface area contributed by atoms with Crippen LogP contribution in [0.3, 0.4) is 0 Å². The molecule has 5 aromatic heterocycles. The van der Waals surface area contributed by atoms with Crippen LogP contribution in [0.4, 0.5) is 0 Å². The molecule has 0 unspecified atom stereocenters. The molecule has 7 heteroatoms. The first kappa shape index (κ1) is 37.4. The number of benzene rings is 10. The molecule has 0 bridgehead atoms. The van der Waals surface area contributed by atoms with Crippen molar-refractivity contribution in [2.45, 2.75) is 0 Å². The topological polar surface area (TPSA) is 80.4 Å². The third-order valence-electron chi connectivity index (χ3n) is 14.4. The van der Waals surface area contributed by atoms with Crippen molar-refractivity contribution < 1.29 is 4.42 Å². The van der Waals surface area contributed by atoms with Crippen LogP contribution in [0.25, 0.3) is 132 Å². The van der Waals surface area contributed by atoms with Gasteiger partial charge in [-0.2, -0.15) is 10.5 Å². The second-order valence-corrected chi connectivity index (χ2v) is 17.8.